The van der Waals surface area contributed by atoms with E-state index in [0.717, 1.165) is 0 Å². The predicted octanol–water partition coefficient (Wildman–Crippen LogP) is 1.88. The summed E-state index contributed by atoms with van der Waals surface area (Å²) in [5.41, 5.74) is 0. The molecule has 27 heavy (non-hydrogen) atoms. The Bertz CT molecular complexity index is 843. The third kappa shape index (κ3) is 3.39. The molecule has 1 aliphatic carbocycles. The third-order valence-corrected chi connectivity index (χ3v) is 7.10. The van der Waals surface area contributed by atoms with E-state index in [-0.39, 0.29) is 33.7 Å². The number of aromatic nitrogens is 3. The molecule has 11 heteroatoms. The third-order valence-electron chi connectivity index (χ3n) is 5.20. The molecule has 0 spiro atoms. The second kappa shape index (κ2) is 6.35. The number of carboxylic acids is 1. The highest BCUT2D eigenvalue weighted by molar-refractivity contribution is 14.1. The second-order valence-electron chi connectivity index (χ2n) is 7.09. The lowest BCUT2D eigenvalue weighted by molar-refractivity contribution is -0.145. The van der Waals surface area contributed by atoms with Crippen LogP contribution in [-0.4, -0.2) is 49.7 Å². The van der Waals surface area contributed by atoms with E-state index in [1.165, 1.54) is 0 Å². The van der Waals surface area contributed by atoms with Gasteiger partial charge in [-0.2, -0.15) is 28.1 Å². The Kier molecular flexibility index (Phi) is 4.36. The van der Waals surface area contributed by atoms with Crippen LogP contribution in [0.2, 0.25) is 0 Å². The molecule has 0 aromatic carbocycles. The number of alkyl halides is 4. The zero-order valence-corrected chi connectivity index (χ0v) is 16.3. The largest absolute Gasteiger partial charge is 0.472 e. The van der Waals surface area contributed by atoms with Crippen LogP contribution in [0.4, 0.5) is 25.1 Å². The molecule has 3 fully saturated rings. The number of hydrogen-bond acceptors (Lipinski definition) is 6. The first-order chi connectivity index (χ1) is 12.6. The summed E-state index contributed by atoms with van der Waals surface area (Å²) < 4.78 is 39.8. The molecule has 1 aromatic heterocycles. The van der Waals surface area contributed by atoms with E-state index in [0.29, 0.717) is 25.6 Å². The molecular formula is C16H15F3IN5O2. The molecular weight excluding hydrogens is 478 g/mol. The van der Waals surface area contributed by atoms with Crippen molar-refractivity contribution in [2.24, 2.45) is 23.7 Å². The highest BCUT2D eigenvalue weighted by Crippen LogP contribution is 2.52. The fourth-order valence-electron chi connectivity index (χ4n) is 3.66. The van der Waals surface area contributed by atoms with Crippen molar-refractivity contribution in [3.05, 3.63) is 5.82 Å². The Morgan fingerprint density at radius 3 is 2.33 bits per heavy atom. The van der Waals surface area contributed by atoms with Gasteiger partial charge < -0.3 is 14.9 Å². The van der Waals surface area contributed by atoms with E-state index in [1.54, 1.807) is 9.80 Å². The minimum atomic E-state index is -4.65. The van der Waals surface area contributed by atoms with E-state index in [1.807, 2.05) is 6.92 Å². The number of halogens is 4. The van der Waals surface area contributed by atoms with Gasteiger partial charge in [-0.3, -0.25) is 0 Å². The van der Waals surface area contributed by atoms with Gasteiger partial charge in [0.05, 0.1) is 4.05 Å². The minimum absolute atomic E-state index is 0.0179. The molecule has 0 radical (unpaired) electrons. The summed E-state index contributed by atoms with van der Waals surface area (Å²) in [5, 5.41) is 8.62. The van der Waals surface area contributed by atoms with Crippen molar-refractivity contribution in [1.82, 2.24) is 15.0 Å². The van der Waals surface area contributed by atoms with E-state index in [2.05, 4.69) is 49.4 Å². The average Bonchev–Trinajstić information content (AvgIpc) is 3.05. The van der Waals surface area contributed by atoms with Gasteiger partial charge in [-0.05, 0) is 11.8 Å². The van der Waals surface area contributed by atoms with Crippen LogP contribution >= 0.6 is 22.6 Å². The lowest BCUT2D eigenvalue weighted by atomic mass is 10.0. The number of carboxylic acid groups (broad SMARTS) is 1. The zero-order valence-electron chi connectivity index (χ0n) is 14.1. The molecule has 0 bridgehead atoms. The van der Waals surface area contributed by atoms with E-state index >= 15 is 0 Å². The van der Waals surface area contributed by atoms with Crippen molar-refractivity contribution in [1.29, 1.82) is 0 Å². The number of carbonyl (C=O) groups is 1. The van der Waals surface area contributed by atoms with Crippen molar-refractivity contribution in [3.63, 3.8) is 0 Å². The van der Waals surface area contributed by atoms with Crippen LogP contribution in [0, 0.1) is 35.5 Å². The summed E-state index contributed by atoms with van der Waals surface area (Å²) >= 11 is 2.17. The number of hydrogen-bond donors (Lipinski definition) is 1. The molecule has 2 aliphatic heterocycles. The van der Waals surface area contributed by atoms with Gasteiger partial charge in [0.25, 0.3) is 0 Å². The first-order valence-electron chi connectivity index (χ1n) is 8.38. The summed E-state index contributed by atoms with van der Waals surface area (Å²) in [7, 11) is 0. The van der Waals surface area contributed by atoms with Crippen LogP contribution < -0.4 is 9.80 Å². The molecule has 0 amide bonds. The van der Waals surface area contributed by atoms with E-state index in [9.17, 15) is 18.0 Å². The number of nitrogens with zero attached hydrogens (tertiary/aromatic N) is 5. The summed E-state index contributed by atoms with van der Waals surface area (Å²) in [5.74, 6) is 3.16. The summed E-state index contributed by atoms with van der Waals surface area (Å²) in [6.07, 6.45) is -4.65. The first-order valence-corrected chi connectivity index (χ1v) is 9.63. The summed E-state index contributed by atoms with van der Waals surface area (Å²) in [6, 6.07) is 0. The van der Waals surface area contributed by atoms with Gasteiger partial charge in [-0.1, -0.05) is 35.4 Å². The molecule has 1 aromatic rings. The Morgan fingerprint density at radius 2 is 1.81 bits per heavy atom. The Hall–Kier alpha value is -1.84. The Balaban J connectivity index is 1.55. The maximum Gasteiger partial charge on any atom is 0.451 e. The monoisotopic (exact) mass is 493 g/mol. The molecule has 3 heterocycles. The lowest BCUT2D eigenvalue weighted by Gasteiger charge is -2.43. The SMILES string of the molecule is C[C@@H]1CN(c2nc(N3CC4C(C#CC(=O)O)C4C3)nc(C(F)(F)F)n2)[C@H]1I. The van der Waals surface area contributed by atoms with Gasteiger partial charge in [0.15, 0.2) is 0 Å². The molecule has 3 aliphatic rings. The Morgan fingerprint density at radius 1 is 1.19 bits per heavy atom. The number of fused-ring (bicyclic) bond motifs is 1. The van der Waals surface area contributed by atoms with Crippen molar-refractivity contribution in [2.75, 3.05) is 29.4 Å². The van der Waals surface area contributed by atoms with Crippen LogP contribution in [0.5, 0.6) is 0 Å². The fourth-order valence-corrected chi connectivity index (χ4v) is 4.36. The highest BCUT2D eigenvalue weighted by atomic mass is 127. The molecule has 4 atom stereocenters. The normalized spacial score (nSPS) is 31.7. The molecule has 4 rings (SSSR count). The zero-order chi connectivity index (χ0) is 19.5. The van der Waals surface area contributed by atoms with Gasteiger partial charge in [-0.15, -0.1) is 0 Å². The van der Waals surface area contributed by atoms with Crippen molar-refractivity contribution < 1.29 is 23.1 Å². The van der Waals surface area contributed by atoms with Crippen LogP contribution in [0.15, 0.2) is 0 Å². The first kappa shape index (κ1) is 18.5. The van der Waals surface area contributed by atoms with Gasteiger partial charge in [0, 0.05) is 37.4 Å². The number of anilines is 2. The lowest BCUT2D eigenvalue weighted by Crippen LogP contribution is -2.52. The highest BCUT2D eigenvalue weighted by Gasteiger charge is 2.56. The number of piperidine rings is 1. The minimum Gasteiger partial charge on any atom is -0.472 e. The molecule has 1 N–H and O–H groups in total. The van der Waals surface area contributed by atoms with Crippen molar-refractivity contribution in [3.8, 4) is 11.8 Å². The molecule has 1 saturated carbocycles. The standard InChI is InChI=1S/C16H15F3IN5O2/c1-7-4-25(12(7)20)15-22-13(16(17,18)19)21-14(23-15)24-5-9-8(10(9)6-24)2-3-11(26)27/h7-10,12H,4-6H2,1H3,(H,26,27)/t7-,8?,9?,10?,12-/m1/s1. The molecule has 144 valence electrons. The van der Waals surface area contributed by atoms with Gasteiger partial charge >= 0.3 is 12.1 Å². The molecule has 2 unspecified atom stereocenters. The van der Waals surface area contributed by atoms with Crippen molar-refractivity contribution in [2.45, 2.75) is 17.1 Å². The Labute approximate surface area is 166 Å². The fraction of sp³-hybridized carbons (Fsp3) is 0.625. The molecule has 2 saturated heterocycles. The predicted molar refractivity (Wildman–Crippen MR) is 97.2 cm³/mol. The maximum absolute atomic E-state index is 13.3. The van der Waals surface area contributed by atoms with E-state index < -0.39 is 18.0 Å². The van der Waals surface area contributed by atoms with Crippen LogP contribution in [0.1, 0.15) is 12.7 Å². The summed E-state index contributed by atoms with van der Waals surface area (Å²) in [4.78, 5) is 25.5. The van der Waals surface area contributed by atoms with Crippen LogP contribution in [0.3, 0.4) is 0 Å². The number of rotatable bonds is 2. The van der Waals surface area contributed by atoms with Crippen LogP contribution in [0.25, 0.3) is 0 Å². The topological polar surface area (TPSA) is 82.5 Å². The average molecular weight is 493 g/mol. The number of aliphatic carboxylic acids is 1. The van der Waals surface area contributed by atoms with Gasteiger partial charge in [0.1, 0.15) is 0 Å². The van der Waals surface area contributed by atoms with Crippen LogP contribution in [-0.2, 0) is 11.0 Å². The van der Waals surface area contributed by atoms with Crippen molar-refractivity contribution >= 4 is 40.5 Å². The van der Waals surface area contributed by atoms with E-state index in [4.69, 9.17) is 5.11 Å². The summed E-state index contributed by atoms with van der Waals surface area (Å²) in [6.45, 7) is 3.56. The van der Waals surface area contributed by atoms with Gasteiger partial charge in [0.2, 0.25) is 17.7 Å². The quantitative estimate of drug-likeness (QED) is 0.292. The molecule has 7 nitrogen and oxygen atoms in total. The maximum atomic E-state index is 13.3. The van der Waals surface area contributed by atoms with Gasteiger partial charge in [-0.25, -0.2) is 4.79 Å². The second-order valence-corrected chi connectivity index (χ2v) is 8.37. The smallest absolute Gasteiger partial charge is 0.451 e.